The van der Waals surface area contributed by atoms with Crippen molar-refractivity contribution in [2.24, 2.45) is 10.4 Å². The fourth-order valence-corrected chi connectivity index (χ4v) is 0.224. The molecule has 0 amide bonds. The van der Waals surface area contributed by atoms with Gasteiger partial charge in [-0.25, -0.2) is 0 Å². The third-order valence-electron chi connectivity index (χ3n) is 0.464. The molecule has 1 aliphatic rings. The number of aliphatic hydroxyl groups excluding tert-OH is 1. The second kappa shape index (κ2) is 1.22. The van der Waals surface area contributed by atoms with Crippen molar-refractivity contribution in [1.82, 2.24) is 0 Å². The number of nitrogens with zero attached hydrogens (tertiary/aromatic N) is 2. The molecule has 0 aromatic rings. The predicted molar refractivity (Wildman–Crippen MR) is 16.8 cm³/mol. The highest BCUT2D eigenvalue weighted by Crippen LogP contribution is 1.96. The van der Waals surface area contributed by atoms with E-state index in [1.54, 1.807) is 0 Å². The van der Waals surface area contributed by atoms with Crippen molar-refractivity contribution in [3.63, 3.8) is 0 Å². The lowest BCUT2D eigenvalue weighted by Crippen LogP contribution is -2.05. The summed E-state index contributed by atoms with van der Waals surface area (Å²) < 4.78 is 0. The Morgan fingerprint density at radius 3 is 2.83 bits per heavy atom. The monoisotopic (exact) mass is 88.0 g/mol. The molecule has 1 N–H and O–H groups in total. The lowest BCUT2D eigenvalue weighted by atomic mass is 10.7. The Morgan fingerprint density at radius 1 is 1.83 bits per heavy atom. The molecule has 0 spiro atoms. The second-order valence-corrected chi connectivity index (χ2v) is 0.966. The van der Waals surface area contributed by atoms with Gasteiger partial charge < -0.3 is 9.94 Å². The van der Waals surface area contributed by atoms with Crippen molar-refractivity contribution in [1.29, 1.82) is 0 Å². The average molecular weight is 88.1 g/mol. The van der Waals surface area contributed by atoms with Crippen LogP contribution in [0.2, 0.25) is 0 Å². The third-order valence-corrected chi connectivity index (χ3v) is 0.464. The highest BCUT2D eigenvalue weighted by atomic mass is 16.7. The normalized spacial score (nSPS) is 30.5. The topological polar surface area (TPSA) is 54.2 Å². The molecule has 1 atom stereocenters. The molecule has 34 valence electrons. The van der Waals surface area contributed by atoms with E-state index < -0.39 is 6.29 Å². The van der Waals surface area contributed by atoms with Crippen molar-refractivity contribution in [3.8, 4) is 0 Å². The van der Waals surface area contributed by atoms with Gasteiger partial charge >= 0.3 is 0 Å². The van der Waals surface area contributed by atoms with E-state index in [4.69, 9.17) is 5.11 Å². The van der Waals surface area contributed by atoms with Crippen molar-refractivity contribution in [2.75, 3.05) is 6.54 Å². The van der Waals surface area contributed by atoms with E-state index >= 15 is 0 Å². The molecule has 0 aliphatic carbocycles. The summed E-state index contributed by atoms with van der Waals surface area (Å²) in [5, 5.41) is 14.7. The highest BCUT2D eigenvalue weighted by Gasteiger charge is 2.06. The van der Waals surface area contributed by atoms with Crippen LogP contribution >= 0.6 is 0 Å². The van der Waals surface area contributed by atoms with E-state index in [9.17, 15) is 0 Å². The first-order valence-electron chi connectivity index (χ1n) is 1.60. The fraction of sp³-hybridized carbons (Fsp3) is 1.00. The summed E-state index contributed by atoms with van der Waals surface area (Å²) in [5.74, 6) is 0. The van der Waals surface area contributed by atoms with Crippen LogP contribution in [0.3, 0.4) is 0 Å². The Morgan fingerprint density at radius 2 is 2.67 bits per heavy atom. The molecule has 0 saturated heterocycles. The molecule has 1 heterocycles. The lowest BCUT2D eigenvalue weighted by Gasteiger charge is -1.89. The predicted octanol–water partition coefficient (Wildman–Crippen LogP) is -0.298. The summed E-state index contributed by atoms with van der Waals surface area (Å²) in [4.78, 5) is 4.17. The van der Waals surface area contributed by atoms with Gasteiger partial charge in [-0.15, -0.1) is 5.11 Å². The zero-order valence-electron chi connectivity index (χ0n) is 3.03. The number of hydrogen-bond donors (Lipinski definition) is 1. The first-order chi connectivity index (χ1) is 2.89. The van der Waals surface area contributed by atoms with Crippen LogP contribution < -0.4 is 0 Å². The maximum Gasteiger partial charge on any atom is 0.247 e. The SMILES string of the molecule is OC1CN=NO1. The van der Waals surface area contributed by atoms with Crippen molar-refractivity contribution in [3.05, 3.63) is 0 Å². The summed E-state index contributed by atoms with van der Waals surface area (Å²) in [6, 6.07) is 0. The van der Waals surface area contributed by atoms with Gasteiger partial charge in [0.15, 0.2) is 0 Å². The van der Waals surface area contributed by atoms with Crippen LogP contribution in [-0.2, 0) is 4.84 Å². The van der Waals surface area contributed by atoms with Crippen LogP contribution in [0.5, 0.6) is 0 Å². The van der Waals surface area contributed by atoms with Gasteiger partial charge in [0.25, 0.3) is 0 Å². The summed E-state index contributed by atoms with van der Waals surface area (Å²) in [7, 11) is 0. The zero-order valence-corrected chi connectivity index (χ0v) is 3.03. The first-order valence-corrected chi connectivity index (χ1v) is 1.60. The summed E-state index contributed by atoms with van der Waals surface area (Å²) >= 11 is 0. The van der Waals surface area contributed by atoms with E-state index in [-0.39, 0.29) is 6.54 Å². The molecule has 1 aliphatic heterocycles. The van der Waals surface area contributed by atoms with E-state index in [1.807, 2.05) is 0 Å². The molecule has 0 bridgehead atoms. The van der Waals surface area contributed by atoms with E-state index in [0.717, 1.165) is 0 Å². The minimum atomic E-state index is -0.787. The van der Waals surface area contributed by atoms with Crippen LogP contribution in [0.15, 0.2) is 10.4 Å². The number of hydrogen-bond acceptors (Lipinski definition) is 4. The van der Waals surface area contributed by atoms with Crippen molar-refractivity contribution < 1.29 is 9.94 Å². The lowest BCUT2D eigenvalue weighted by molar-refractivity contribution is -0.0685. The van der Waals surface area contributed by atoms with Crippen molar-refractivity contribution >= 4 is 0 Å². The maximum atomic E-state index is 8.32. The molecule has 4 heteroatoms. The van der Waals surface area contributed by atoms with Gasteiger partial charge in [0.2, 0.25) is 6.29 Å². The van der Waals surface area contributed by atoms with Gasteiger partial charge in [-0.05, 0) is 0 Å². The summed E-state index contributed by atoms with van der Waals surface area (Å²) in [6.45, 7) is 0.278. The quantitative estimate of drug-likeness (QED) is 0.442. The standard InChI is InChI=1S/C2H4N2O2/c5-2-1-3-4-6-2/h2,5H,1H2. The Bertz CT molecular complexity index is 63.9. The number of aliphatic hydroxyl groups is 1. The van der Waals surface area contributed by atoms with Crippen molar-refractivity contribution in [2.45, 2.75) is 6.29 Å². The molecule has 1 rings (SSSR count). The minimum absolute atomic E-state index is 0.278. The van der Waals surface area contributed by atoms with Gasteiger partial charge in [-0.2, -0.15) is 0 Å². The highest BCUT2D eigenvalue weighted by molar-refractivity contribution is 4.43. The number of rotatable bonds is 0. The minimum Gasteiger partial charge on any atom is -0.355 e. The molecular formula is C2H4N2O2. The smallest absolute Gasteiger partial charge is 0.247 e. The molecule has 0 radical (unpaired) electrons. The second-order valence-electron chi connectivity index (χ2n) is 0.966. The van der Waals surface area contributed by atoms with Gasteiger partial charge in [0.05, 0.1) is 0 Å². The molecule has 0 aromatic heterocycles. The third kappa shape index (κ3) is 0.463. The van der Waals surface area contributed by atoms with E-state index in [0.29, 0.717) is 0 Å². The molecule has 0 saturated carbocycles. The van der Waals surface area contributed by atoms with Gasteiger partial charge in [-0.3, -0.25) is 0 Å². The molecule has 4 nitrogen and oxygen atoms in total. The zero-order chi connectivity index (χ0) is 4.41. The Hall–Kier alpha value is -0.640. The van der Waals surface area contributed by atoms with Crippen LogP contribution in [0.4, 0.5) is 0 Å². The Labute approximate surface area is 34.4 Å². The summed E-state index contributed by atoms with van der Waals surface area (Å²) in [5.41, 5.74) is 0. The summed E-state index contributed by atoms with van der Waals surface area (Å²) in [6.07, 6.45) is -0.787. The fourth-order valence-electron chi connectivity index (χ4n) is 0.224. The van der Waals surface area contributed by atoms with Crippen LogP contribution in [0, 0.1) is 0 Å². The van der Waals surface area contributed by atoms with E-state index in [2.05, 4.69) is 15.2 Å². The van der Waals surface area contributed by atoms with Gasteiger partial charge in [0, 0.05) is 5.28 Å². The Kier molecular flexibility index (Phi) is 0.719. The van der Waals surface area contributed by atoms with Gasteiger partial charge in [-0.1, -0.05) is 0 Å². The molecule has 0 fully saturated rings. The molecular weight excluding hydrogens is 84.0 g/mol. The van der Waals surface area contributed by atoms with Crippen LogP contribution in [0.25, 0.3) is 0 Å². The van der Waals surface area contributed by atoms with E-state index in [1.165, 1.54) is 0 Å². The Balaban J connectivity index is 2.32. The molecule has 1 unspecified atom stereocenters. The maximum absolute atomic E-state index is 8.32. The van der Waals surface area contributed by atoms with Crippen LogP contribution in [0.1, 0.15) is 0 Å². The molecule has 0 aromatic carbocycles. The van der Waals surface area contributed by atoms with Crippen LogP contribution in [-0.4, -0.2) is 17.9 Å². The largest absolute Gasteiger partial charge is 0.355 e. The van der Waals surface area contributed by atoms with Gasteiger partial charge in [0.1, 0.15) is 6.54 Å². The molecule has 6 heavy (non-hydrogen) atoms. The average Bonchev–Trinajstić information content (AvgIpc) is 1.86. The first kappa shape index (κ1) is 3.55.